The number of aliphatic carboxylic acids is 1. The van der Waals surface area contributed by atoms with Crippen LogP contribution in [0.1, 0.15) is 38.5 Å². The molecule has 1 heterocycles. The van der Waals surface area contributed by atoms with Gasteiger partial charge in [0, 0.05) is 12.5 Å². The van der Waals surface area contributed by atoms with Gasteiger partial charge in [-0.2, -0.15) is 5.10 Å². The number of rotatable bonds is 5. The summed E-state index contributed by atoms with van der Waals surface area (Å²) in [6.07, 6.45) is 5.53. The van der Waals surface area contributed by atoms with E-state index in [-0.39, 0.29) is 24.2 Å². The third-order valence-electron chi connectivity index (χ3n) is 3.50. The molecular formula is C12H17N3O3. The molecule has 1 saturated carbocycles. The van der Waals surface area contributed by atoms with Crippen molar-refractivity contribution in [1.82, 2.24) is 10.2 Å². The molecule has 1 aromatic heterocycles. The van der Waals surface area contributed by atoms with Gasteiger partial charge in [0.2, 0.25) is 5.91 Å². The predicted molar refractivity (Wildman–Crippen MR) is 65.0 cm³/mol. The summed E-state index contributed by atoms with van der Waals surface area (Å²) in [7, 11) is 0. The molecule has 0 aromatic carbocycles. The second-order valence-electron chi connectivity index (χ2n) is 4.97. The zero-order chi connectivity index (χ0) is 13.0. The number of H-pyrrole nitrogens is 1. The van der Waals surface area contributed by atoms with E-state index in [0.717, 1.165) is 25.7 Å². The fourth-order valence-electron chi connectivity index (χ4n) is 2.72. The highest BCUT2D eigenvalue weighted by atomic mass is 16.4. The maximum atomic E-state index is 11.9. The number of nitrogens with zero attached hydrogens (tertiary/aromatic N) is 1. The third-order valence-corrected chi connectivity index (χ3v) is 3.50. The smallest absolute Gasteiger partial charge is 0.303 e. The Labute approximate surface area is 105 Å². The van der Waals surface area contributed by atoms with Crippen LogP contribution in [0.2, 0.25) is 0 Å². The van der Waals surface area contributed by atoms with Crippen LogP contribution in [0.4, 0.5) is 5.82 Å². The summed E-state index contributed by atoms with van der Waals surface area (Å²) in [4.78, 5) is 22.8. The second kappa shape index (κ2) is 5.20. The van der Waals surface area contributed by atoms with Gasteiger partial charge >= 0.3 is 5.97 Å². The van der Waals surface area contributed by atoms with E-state index in [1.54, 1.807) is 12.3 Å². The van der Waals surface area contributed by atoms with Gasteiger partial charge in [0.15, 0.2) is 0 Å². The minimum Gasteiger partial charge on any atom is -0.481 e. The van der Waals surface area contributed by atoms with Crippen molar-refractivity contribution in [2.75, 3.05) is 5.32 Å². The van der Waals surface area contributed by atoms with Gasteiger partial charge in [0.1, 0.15) is 5.82 Å². The molecule has 1 aliphatic rings. The van der Waals surface area contributed by atoms with Crippen LogP contribution >= 0.6 is 0 Å². The van der Waals surface area contributed by atoms with Gasteiger partial charge in [0.25, 0.3) is 0 Å². The van der Waals surface area contributed by atoms with Crippen LogP contribution in [-0.2, 0) is 9.59 Å². The first-order valence-electron chi connectivity index (χ1n) is 6.11. The van der Waals surface area contributed by atoms with E-state index in [1.807, 2.05) is 0 Å². The molecule has 98 valence electrons. The molecule has 1 aromatic rings. The van der Waals surface area contributed by atoms with E-state index in [9.17, 15) is 9.59 Å². The number of carbonyl (C=O) groups excluding carboxylic acids is 1. The van der Waals surface area contributed by atoms with Crippen LogP contribution in [-0.4, -0.2) is 27.2 Å². The summed E-state index contributed by atoms with van der Waals surface area (Å²) in [6, 6.07) is 1.66. The third kappa shape index (κ3) is 3.09. The number of aromatic nitrogens is 2. The number of aromatic amines is 1. The molecule has 0 spiro atoms. The predicted octanol–water partition coefficient (Wildman–Crippen LogP) is 1.77. The lowest BCUT2D eigenvalue weighted by Crippen LogP contribution is -2.27. The molecule has 0 bridgehead atoms. The average Bonchev–Trinajstić information content (AvgIpc) is 2.89. The molecule has 6 heteroatoms. The summed E-state index contributed by atoms with van der Waals surface area (Å²) in [5.41, 5.74) is -0.365. The van der Waals surface area contributed by atoms with Crippen molar-refractivity contribution >= 4 is 17.7 Å². The van der Waals surface area contributed by atoms with Gasteiger partial charge in [-0.25, -0.2) is 0 Å². The first-order valence-corrected chi connectivity index (χ1v) is 6.11. The number of carbonyl (C=O) groups is 2. The van der Waals surface area contributed by atoms with Crippen molar-refractivity contribution in [3.8, 4) is 0 Å². The molecule has 0 unspecified atom stereocenters. The molecule has 18 heavy (non-hydrogen) atoms. The Morgan fingerprint density at radius 3 is 2.67 bits per heavy atom. The Kier molecular flexibility index (Phi) is 3.64. The highest BCUT2D eigenvalue weighted by molar-refractivity contribution is 5.90. The SMILES string of the molecule is O=C(O)CC1(CC(=O)Nc2ccn[nH]2)CCCC1. The van der Waals surface area contributed by atoms with E-state index in [1.165, 1.54) is 0 Å². The summed E-state index contributed by atoms with van der Waals surface area (Å²) >= 11 is 0. The number of carboxylic acid groups (broad SMARTS) is 1. The molecular weight excluding hydrogens is 234 g/mol. The molecule has 0 saturated heterocycles. The van der Waals surface area contributed by atoms with Crippen molar-refractivity contribution in [1.29, 1.82) is 0 Å². The lowest BCUT2D eigenvalue weighted by molar-refractivity contribution is -0.140. The van der Waals surface area contributed by atoms with Crippen molar-refractivity contribution in [3.63, 3.8) is 0 Å². The fourth-order valence-corrected chi connectivity index (χ4v) is 2.72. The van der Waals surface area contributed by atoms with Crippen LogP contribution in [0.15, 0.2) is 12.3 Å². The fraction of sp³-hybridized carbons (Fsp3) is 0.583. The van der Waals surface area contributed by atoms with Crippen molar-refractivity contribution < 1.29 is 14.7 Å². The number of carboxylic acids is 1. The molecule has 1 amide bonds. The first-order chi connectivity index (χ1) is 8.60. The Morgan fingerprint density at radius 2 is 2.11 bits per heavy atom. The lowest BCUT2D eigenvalue weighted by atomic mass is 9.79. The summed E-state index contributed by atoms with van der Waals surface area (Å²) < 4.78 is 0. The maximum absolute atomic E-state index is 11.9. The molecule has 2 rings (SSSR count). The van der Waals surface area contributed by atoms with Crippen molar-refractivity contribution in [2.45, 2.75) is 38.5 Å². The Balaban J connectivity index is 1.96. The summed E-state index contributed by atoms with van der Waals surface area (Å²) in [5.74, 6) is -0.433. The largest absolute Gasteiger partial charge is 0.481 e. The number of nitrogens with one attached hydrogen (secondary N) is 2. The Bertz CT molecular complexity index is 422. The van der Waals surface area contributed by atoms with Crippen LogP contribution < -0.4 is 5.32 Å². The molecule has 0 radical (unpaired) electrons. The maximum Gasteiger partial charge on any atom is 0.303 e. The number of hydrogen-bond donors (Lipinski definition) is 3. The second-order valence-corrected chi connectivity index (χ2v) is 4.97. The van der Waals surface area contributed by atoms with E-state index < -0.39 is 5.97 Å². The van der Waals surface area contributed by atoms with Crippen molar-refractivity contribution in [3.05, 3.63) is 12.3 Å². The quantitative estimate of drug-likeness (QED) is 0.743. The Morgan fingerprint density at radius 1 is 1.39 bits per heavy atom. The van der Waals surface area contributed by atoms with Crippen LogP contribution in [0.3, 0.4) is 0 Å². The average molecular weight is 251 g/mol. The highest BCUT2D eigenvalue weighted by Crippen LogP contribution is 2.44. The first kappa shape index (κ1) is 12.6. The lowest BCUT2D eigenvalue weighted by Gasteiger charge is -2.26. The topological polar surface area (TPSA) is 95.1 Å². The zero-order valence-corrected chi connectivity index (χ0v) is 10.1. The van der Waals surface area contributed by atoms with E-state index in [0.29, 0.717) is 5.82 Å². The molecule has 1 aliphatic carbocycles. The number of hydrogen-bond acceptors (Lipinski definition) is 3. The summed E-state index contributed by atoms with van der Waals surface area (Å²) in [6.45, 7) is 0. The van der Waals surface area contributed by atoms with Gasteiger partial charge in [0.05, 0.1) is 12.6 Å². The number of anilines is 1. The standard InChI is InChI=1S/C12H17N3O3/c16-10(14-9-3-6-13-15-9)7-12(8-11(17)18)4-1-2-5-12/h3,6H,1-2,4-5,7-8H2,(H,17,18)(H2,13,14,15,16). The van der Waals surface area contributed by atoms with Crippen LogP contribution in [0.25, 0.3) is 0 Å². The molecule has 0 aliphatic heterocycles. The van der Waals surface area contributed by atoms with Crippen molar-refractivity contribution in [2.24, 2.45) is 5.41 Å². The van der Waals surface area contributed by atoms with E-state index in [2.05, 4.69) is 15.5 Å². The van der Waals surface area contributed by atoms with Gasteiger partial charge in [-0.1, -0.05) is 12.8 Å². The van der Waals surface area contributed by atoms with Crippen LogP contribution in [0.5, 0.6) is 0 Å². The normalized spacial score (nSPS) is 17.6. The molecule has 3 N–H and O–H groups in total. The minimum atomic E-state index is -0.828. The highest BCUT2D eigenvalue weighted by Gasteiger charge is 2.37. The number of amides is 1. The van der Waals surface area contributed by atoms with Crippen LogP contribution in [0, 0.1) is 5.41 Å². The van der Waals surface area contributed by atoms with Gasteiger partial charge in [-0.3, -0.25) is 14.7 Å². The van der Waals surface area contributed by atoms with Gasteiger partial charge < -0.3 is 10.4 Å². The molecule has 0 atom stereocenters. The monoisotopic (exact) mass is 251 g/mol. The summed E-state index contributed by atoms with van der Waals surface area (Å²) in [5, 5.41) is 18.0. The Hall–Kier alpha value is -1.85. The molecule has 6 nitrogen and oxygen atoms in total. The van der Waals surface area contributed by atoms with Gasteiger partial charge in [-0.15, -0.1) is 0 Å². The van der Waals surface area contributed by atoms with Gasteiger partial charge in [-0.05, 0) is 18.3 Å². The molecule has 1 fully saturated rings. The van der Waals surface area contributed by atoms with E-state index >= 15 is 0 Å². The minimum absolute atomic E-state index is 0.0728. The van der Waals surface area contributed by atoms with E-state index in [4.69, 9.17) is 5.11 Å². The zero-order valence-electron chi connectivity index (χ0n) is 10.1.